The first-order valence-electron chi connectivity index (χ1n) is 18.2. The quantitative estimate of drug-likeness (QED) is 0.0462. The Morgan fingerprint density at radius 3 is 1.34 bits per heavy atom. The van der Waals surface area contributed by atoms with Gasteiger partial charge in [-0.1, -0.05) is 127 Å². The predicted octanol–water partition coefficient (Wildman–Crippen LogP) is 11.1. The molecule has 0 aromatic carbocycles. The molecule has 44 heavy (non-hydrogen) atoms. The van der Waals surface area contributed by atoms with Gasteiger partial charge in [0.25, 0.3) is 0 Å². The normalized spacial score (nSPS) is 12.7. The topological polar surface area (TPSA) is 72.8 Å². The van der Waals surface area contributed by atoms with Crippen LogP contribution in [0.5, 0.6) is 0 Å². The van der Waals surface area contributed by atoms with Crippen molar-refractivity contribution in [3.05, 3.63) is 48.6 Å². The molecule has 0 aliphatic heterocycles. The van der Waals surface area contributed by atoms with Crippen molar-refractivity contribution in [3.63, 3.8) is 0 Å². The van der Waals surface area contributed by atoms with Crippen molar-refractivity contribution < 1.29 is 24.2 Å². The molecule has 0 amide bonds. The summed E-state index contributed by atoms with van der Waals surface area (Å²) in [6.07, 6.45) is 43.0. The number of aliphatic hydroxyl groups is 1. The standard InChI is InChI=1S/C39H68O5/c1-3-5-7-9-11-13-15-17-19-21-23-25-27-29-31-33-38(41)43-36-37(35-40)44-39(42)34-32-30-28-26-24-22-20-18-16-14-12-10-8-6-4-2/h11-14,17-20,37,40H,3-10,15-16,21-36H2,1-2H3/b13-11+,14-12-,19-17+,20-18+/t37-/m0/s1. The zero-order chi connectivity index (χ0) is 32.2. The highest BCUT2D eigenvalue weighted by atomic mass is 16.6. The van der Waals surface area contributed by atoms with Crippen LogP contribution in [0.4, 0.5) is 0 Å². The molecule has 0 heterocycles. The third kappa shape index (κ3) is 32.8. The van der Waals surface area contributed by atoms with Gasteiger partial charge in [-0.2, -0.15) is 0 Å². The fraction of sp³-hybridized carbons (Fsp3) is 0.744. The Labute approximate surface area is 271 Å². The fourth-order valence-electron chi connectivity index (χ4n) is 4.79. The molecule has 0 aliphatic carbocycles. The van der Waals surface area contributed by atoms with Crippen molar-refractivity contribution in [2.45, 2.75) is 174 Å². The molecule has 0 rings (SSSR count). The second-order valence-corrected chi connectivity index (χ2v) is 11.9. The maximum Gasteiger partial charge on any atom is 0.306 e. The molecule has 0 bridgehead atoms. The molecule has 0 aromatic rings. The van der Waals surface area contributed by atoms with E-state index in [1.54, 1.807) is 0 Å². The van der Waals surface area contributed by atoms with Gasteiger partial charge in [-0.15, -0.1) is 0 Å². The number of ether oxygens (including phenoxy) is 2. The van der Waals surface area contributed by atoms with Crippen LogP contribution >= 0.6 is 0 Å². The Morgan fingerprint density at radius 2 is 0.909 bits per heavy atom. The number of carbonyl (C=O) groups excluding carboxylic acids is 2. The highest BCUT2D eigenvalue weighted by Crippen LogP contribution is 2.11. The van der Waals surface area contributed by atoms with Crippen LogP contribution in [0.1, 0.15) is 168 Å². The number of rotatable bonds is 32. The van der Waals surface area contributed by atoms with Gasteiger partial charge in [0.15, 0.2) is 6.10 Å². The number of carbonyl (C=O) groups is 2. The van der Waals surface area contributed by atoms with Gasteiger partial charge in [-0.3, -0.25) is 9.59 Å². The summed E-state index contributed by atoms with van der Waals surface area (Å²) < 4.78 is 10.6. The molecule has 5 nitrogen and oxygen atoms in total. The SMILES string of the molecule is CCCCC/C=C\C/C=C/CCCCCCCC(=O)O[C@@H](CO)COC(=O)CCCCCCC/C=C/C/C=C/CCCCC. The summed E-state index contributed by atoms with van der Waals surface area (Å²) in [4.78, 5) is 24.2. The summed E-state index contributed by atoms with van der Waals surface area (Å²) in [5.41, 5.74) is 0. The van der Waals surface area contributed by atoms with Crippen molar-refractivity contribution in [2.75, 3.05) is 13.2 Å². The summed E-state index contributed by atoms with van der Waals surface area (Å²) >= 11 is 0. The lowest BCUT2D eigenvalue weighted by molar-refractivity contribution is -0.161. The van der Waals surface area contributed by atoms with Crippen molar-refractivity contribution in [1.82, 2.24) is 0 Å². The molecule has 0 saturated carbocycles. The second-order valence-electron chi connectivity index (χ2n) is 11.9. The number of hydrogen-bond donors (Lipinski definition) is 1. The molecule has 0 aliphatic rings. The largest absolute Gasteiger partial charge is 0.462 e. The van der Waals surface area contributed by atoms with E-state index in [0.29, 0.717) is 12.8 Å². The number of aliphatic hydroxyl groups excluding tert-OH is 1. The molecule has 0 radical (unpaired) electrons. The van der Waals surface area contributed by atoms with Crippen LogP contribution in [0.25, 0.3) is 0 Å². The summed E-state index contributed by atoms with van der Waals surface area (Å²) in [5, 5.41) is 9.52. The summed E-state index contributed by atoms with van der Waals surface area (Å²) in [6, 6.07) is 0. The molecule has 0 saturated heterocycles. The van der Waals surface area contributed by atoms with Gasteiger partial charge in [0.2, 0.25) is 0 Å². The smallest absolute Gasteiger partial charge is 0.306 e. The Morgan fingerprint density at radius 1 is 0.523 bits per heavy atom. The fourth-order valence-corrected chi connectivity index (χ4v) is 4.79. The van der Waals surface area contributed by atoms with Crippen LogP contribution in [0.3, 0.4) is 0 Å². The molecular weight excluding hydrogens is 548 g/mol. The lowest BCUT2D eigenvalue weighted by Gasteiger charge is -2.15. The van der Waals surface area contributed by atoms with Gasteiger partial charge in [0.1, 0.15) is 6.61 Å². The van der Waals surface area contributed by atoms with Crippen LogP contribution in [0.15, 0.2) is 48.6 Å². The first kappa shape index (κ1) is 41.9. The minimum absolute atomic E-state index is 0.0799. The van der Waals surface area contributed by atoms with Crippen LogP contribution in [0.2, 0.25) is 0 Å². The van der Waals surface area contributed by atoms with Gasteiger partial charge in [0, 0.05) is 12.8 Å². The monoisotopic (exact) mass is 617 g/mol. The molecule has 5 heteroatoms. The minimum Gasteiger partial charge on any atom is -0.462 e. The van der Waals surface area contributed by atoms with E-state index in [2.05, 4.69) is 62.5 Å². The van der Waals surface area contributed by atoms with E-state index in [-0.39, 0.29) is 25.2 Å². The van der Waals surface area contributed by atoms with Crippen LogP contribution in [-0.4, -0.2) is 36.4 Å². The molecule has 0 unspecified atom stereocenters. The van der Waals surface area contributed by atoms with Gasteiger partial charge < -0.3 is 14.6 Å². The number of hydrogen-bond acceptors (Lipinski definition) is 5. The predicted molar refractivity (Wildman–Crippen MR) is 187 cm³/mol. The Hall–Kier alpha value is -2.14. The summed E-state index contributed by atoms with van der Waals surface area (Å²) in [6.45, 7) is 4.04. The molecule has 0 fully saturated rings. The van der Waals surface area contributed by atoms with E-state index in [9.17, 15) is 14.7 Å². The molecule has 0 spiro atoms. The van der Waals surface area contributed by atoms with Crippen molar-refractivity contribution in [2.24, 2.45) is 0 Å². The number of allylic oxidation sites excluding steroid dienone is 8. The summed E-state index contributed by atoms with van der Waals surface area (Å²) in [7, 11) is 0. The third-order valence-corrected chi connectivity index (χ3v) is 7.60. The van der Waals surface area contributed by atoms with E-state index in [1.165, 1.54) is 70.6 Å². The average Bonchev–Trinajstić information content (AvgIpc) is 3.02. The Bertz CT molecular complexity index is 752. The van der Waals surface area contributed by atoms with Crippen LogP contribution in [0, 0.1) is 0 Å². The van der Waals surface area contributed by atoms with E-state index >= 15 is 0 Å². The maximum atomic E-state index is 12.1. The first-order chi connectivity index (χ1) is 21.6. The van der Waals surface area contributed by atoms with Gasteiger partial charge in [0.05, 0.1) is 6.61 Å². The zero-order valence-corrected chi connectivity index (χ0v) is 28.7. The molecule has 1 atom stereocenters. The van der Waals surface area contributed by atoms with Gasteiger partial charge in [-0.25, -0.2) is 0 Å². The number of unbranched alkanes of at least 4 members (excludes halogenated alkanes) is 16. The minimum atomic E-state index is -0.783. The summed E-state index contributed by atoms with van der Waals surface area (Å²) in [5.74, 6) is -0.626. The molecule has 1 N–H and O–H groups in total. The van der Waals surface area contributed by atoms with Gasteiger partial charge in [-0.05, 0) is 77.0 Å². The second kappa shape index (κ2) is 35.3. The van der Waals surface area contributed by atoms with Crippen molar-refractivity contribution >= 4 is 11.9 Å². The van der Waals surface area contributed by atoms with Crippen LogP contribution in [-0.2, 0) is 19.1 Å². The van der Waals surface area contributed by atoms with Crippen LogP contribution < -0.4 is 0 Å². The van der Waals surface area contributed by atoms with E-state index in [0.717, 1.165) is 70.6 Å². The molecular formula is C39H68O5. The van der Waals surface area contributed by atoms with E-state index in [4.69, 9.17) is 9.47 Å². The Balaban J connectivity index is 3.64. The average molecular weight is 617 g/mol. The van der Waals surface area contributed by atoms with Crippen molar-refractivity contribution in [1.29, 1.82) is 0 Å². The van der Waals surface area contributed by atoms with E-state index < -0.39 is 6.10 Å². The third-order valence-electron chi connectivity index (χ3n) is 7.60. The highest BCUT2D eigenvalue weighted by Gasteiger charge is 2.16. The number of esters is 2. The molecule has 0 aromatic heterocycles. The lowest BCUT2D eigenvalue weighted by Crippen LogP contribution is -2.28. The first-order valence-corrected chi connectivity index (χ1v) is 18.2. The Kier molecular flexibility index (Phi) is 33.6. The van der Waals surface area contributed by atoms with E-state index in [1.807, 2.05) is 0 Å². The lowest BCUT2D eigenvalue weighted by atomic mass is 10.1. The van der Waals surface area contributed by atoms with Crippen molar-refractivity contribution in [3.8, 4) is 0 Å². The highest BCUT2D eigenvalue weighted by molar-refractivity contribution is 5.70. The molecule has 254 valence electrons. The maximum absolute atomic E-state index is 12.1. The van der Waals surface area contributed by atoms with Gasteiger partial charge >= 0.3 is 11.9 Å². The zero-order valence-electron chi connectivity index (χ0n) is 28.7.